The van der Waals surface area contributed by atoms with E-state index < -0.39 is 5.97 Å². The fraction of sp³-hybridized carbons (Fsp3) is 0.273. The molecule has 4 heteroatoms. The summed E-state index contributed by atoms with van der Waals surface area (Å²) in [6.07, 6.45) is 0. The second-order valence-electron chi connectivity index (χ2n) is 3.71. The zero-order valence-corrected chi connectivity index (χ0v) is 8.64. The predicted octanol–water partition coefficient (Wildman–Crippen LogP) is 2.32. The molecule has 2 rings (SSSR count). The van der Waals surface area contributed by atoms with Gasteiger partial charge in [0.15, 0.2) is 5.69 Å². The number of hydrogen-bond donors (Lipinski definition) is 1. The highest BCUT2D eigenvalue weighted by Gasteiger charge is 2.16. The number of aromatic nitrogens is 2. The van der Waals surface area contributed by atoms with E-state index >= 15 is 0 Å². The van der Waals surface area contributed by atoms with Crippen LogP contribution in [0.2, 0.25) is 0 Å². The normalized spacial score (nSPS) is 11.1. The Labute approximate surface area is 87.1 Å². The van der Waals surface area contributed by atoms with Gasteiger partial charge in [-0.25, -0.2) is 4.79 Å². The Bertz CT molecular complexity index is 514. The number of fused-ring (bicyclic) bond motifs is 1. The highest BCUT2D eigenvalue weighted by molar-refractivity contribution is 6.01. The molecule has 4 nitrogen and oxygen atoms in total. The molecule has 1 N–H and O–H groups in total. The van der Waals surface area contributed by atoms with E-state index in [9.17, 15) is 4.79 Å². The number of carboxylic acid groups (broad SMARTS) is 1. The van der Waals surface area contributed by atoms with Gasteiger partial charge in [-0.15, -0.1) is 0 Å². The van der Waals surface area contributed by atoms with Crippen molar-refractivity contribution in [2.45, 2.75) is 19.9 Å². The first-order valence-corrected chi connectivity index (χ1v) is 4.82. The summed E-state index contributed by atoms with van der Waals surface area (Å²) < 4.78 is 1.73. The van der Waals surface area contributed by atoms with Crippen LogP contribution in [0, 0.1) is 0 Å². The lowest BCUT2D eigenvalue weighted by Gasteiger charge is -2.05. The molecule has 1 heterocycles. The maximum atomic E-state index is 11.0. The third kappa shape index (κ3) is 1.48. The molecule has 0 radical (unpaired) electrons. The van der Waals surface area contributed by atoms with Crippen molar-refractivity contribution >= 4 is 16.9 Å². The molecule has 0 spiro atoms. The topological polar surface area (TPSA) is 55.1 Å². The van der Waals surface area contributed by atoms with E-state index in [1.165, 1.54) is 0 Å². The summed E-state index contributed by atoms with van der Waals surface area (Å²) in [5, 5.41) is 13.8. The SMILES string of the molecule is CC(C)n1nc(C(=O)O)c2ccccc21. The quantitative estimate of drug-likeness (QED) is 0.816. The standard InChI is InChI=1S/C11H12N2O2/c1-7(2)13-9-6-4-3-5-8(9)10(12-13)11(14)15/h3-7H,1-2H3,(H,14,15). The summed E-state index contributed by atoms with van der Waals surface area (Å²) in [5.41, 5.74) is 0.990. The first-order chi connectivity index (χ1) is 7.11. The molecule has 0 unspecified atom stereocenters. The Morgan fingerprint density at radius 2 is 2.07 bits per heavy atom. The molecule has 0 fully saturated rings. The van der Waals surface area contributed by atoms with Gasteiger partial charge in [-0.3, -0.25) is 4.68 Å². The maximum absolute atomic E-state index is 11.0. The van der Waals surface area contributed by atoms with Crippen molar-refractivity contribution < 1.29 is 9.90 Å². The molecular formula is C11H12N2O2. The van der Waals surface area contributed by atoms with Crippen LogP contribution in [0.3, 0.4) is 0 Å². The first kappa shape index (κ1) is 9.71. The second kappa shape index (κ2) is 3.38. The van der Waals surface area contributed by atoms with Crippen LogP contribution in [0.15, 0.2) is 24.3 Å². The third-order valence-electron chi connectivity index (χ3n) is 2.31. The summed E-state index contributed by atoms with van der Waals surface area (Å²) in [5.74, 6) is -0.981. The zero-order chi connectivity index (χ0) is 11.0. The minimum absolute atomic E-state index is 0.124. The van der Waals surface area contributed by atoms with E-state index in [2.05, 4.69) is 5.10 Å². The number of benzene rings is 1. The Balaban J connectivity index is 2.79. The highest BCUT2D eigenvalue weighted by atomic mass is 16.4. The molecule has 78 valence electrons. The number of hydrogen-bond acceptors (Lipinski definition) is 2. The summed E-state index contributed by atoms with van der Waals surface area (Å²) >= 11 is 0. The largest absolute Gasteiger partial charge is 0.476 e. The molecular weight excluding hydrogens is 192 g/mol. The molecule has 0 aliphatic heterocycles. The van der Waals surface area contributed by atoms with Crippen LogP contribution in [-0.4, -0.2) is 20.9 Å². The van der Waals surface area contributed by atoms with Crippen LogP contribution >= 0.6 is 0 Å². The number of rotatable bonds is 2. The molecule has 0 aliphatic rings. The van der Waals surface area contributed by atoms with Crippen LogP contribution in [0.4, 0.5) is 0 Å². The minimum atomic E-state index is -0.981. The van der Waals surface area contributed by atoms with E-state index in [4.69, 9.17) is 5.11 Å². The minimum Gasteiger partial charge on any atom is -0.476 e. The van der Waals surface area contributed by atoms with Gasteiger partial charge in [0, 0.05) is 11.4 Å². The lowest BCUT2D eigenvalue weighted by Crippen LogP contribution is -2.05. The van der Waals surface area contributed by atoms with Crippen molar-refractivity contribution in [1.29, 1.82) is 0 Å². The molecule has 0 saturated heterocycles. The summed E-state index contributed by atoms with van der Waals surface area (Å²) in [4.78, 5) is 11.0. The van der Waals surface area contributed by atoms with E-state index in [1.54, 1.807) is 10.7 Å². The zero-order valence-electron chi connectivity index (χ0n) is 8.64. The molecule has 0 aliphatic carbocycles. The van der Waals surface area contributed by atoms with Crippen LogP contribution < -0.4 is 0 Å². The number of aromatic carboxylic acids is 1. The fourth-order valence-electron chi connectivity index (χ4n) is 1.64. The van der Waals surface area contributed by atoms with E-state index in [-0.39, 0.29) is 11.7 Å². The molecule has 15 heavy (non-hydrogen) atoms. The van der Waals surface area contributed by atoms with Gasteiger partial charge in [0.2, 0.25) is 0 Å². The number of para-hydroxylation sites is 1. The van der Waals surface area contributed by atoms with Crippen molar-refractivity contribution in [3.8, 4) is 0 Å². The van der Waals surface area contributed by atoms with Gasteiger partial charge >= 0.3 is 5.97 Å². The van der Waals surface area contributed by atoms with Crippen LogP contribution in [-0.2, 0) is 0 Å². The Kier molecular flexibility index (Phi) is 2.19. The van der Waals surface area contributed by atoms with Gasteiger partial charge in [-0.1, -0.05) is 18.2 Å². The smallest absolute Gasteiger partial charge is 0.357 e. The Hall–Kier alpha value is -1.84. The number of nitrogens with zero attached hydrogens (tertiary/aromatic N) is 2. The molecule has 0 atom stereocenters. The highest BCUT2D eigenvalue weighted by Crippen LogP contribution is 2.21. The molecule has 0 amide bonds. The lowest BCUT2D eigenvalue weighted by molar-refractivity contribution is 0.0691. The lowest BCUT2D eigenvalue weighted by atomic mass is 10.2. The van der Waals surface area contributed by atoms with Crippen molar-refractivity contribution in [3.63, 3.8) is 0 Å². The third-order valence-corrected chi connectivity index (χ3v) is 2.31. The Morgan fingerprint density at radius 3 is 2.67 bits per heavy atom. The second-order valence-corrected chi connectivity index (χ2v) is 3.71. The van der Waals surface area contributed by atoms with Gasteiger partial charge in [-0.2, -0.15) is 5.10 Å². The summed E-state index contributed by atoms with van der Waals surface area (Å²) in [6, 6.07) is 7.53. The number of carboxylic acids is 1. The van der Waals surface area contributed by atoms with E-state index in [0.717, 1.165) is 5.52 Å². The first-order valence-electron chi connectivity index (χ1n) is 4.82. The van der Waals surface area contributed by atoms with Crippen LogP contribution in [0.5, 0.6) is 0 Å². The van der Waals surface area contributed by atoms with Gasteiger partial charge < -0.3 is 5.11 Å². The van der Waals surface area contributed by atoms with Crippen LogP contribution in [0.1, 0.15) is 30.4 Å². The molecule has 1 aromatic heterocycles. The maximum Gasteiger partial charge on any atom is 0.357 e. The molecule has 0 bridgehead atoms. The van der Waals surface area contributed by atoms with Crippen molar-refractivity contribution in [2.75, 3.05) is 0 Å². The van der Waals surface area contributed by atoms with Crippen molar-refractivity contribution in [3.05, 3.63) is 30.0 Å². The van der Waals surface area contributed by atoms with Crippen molar-refractivity contribution in [1.82, 2.24) is 9.78 Å². The molecule has 2 aromatic rings. The Morgan fingerprint density at radius 1 is 1.40 bits per heavy atom. The molecule has 1 aromatic carbocycles. The summed E-state index contributed by atoms with van der Waals surface area (Å²) in [6.45, 7) is 3.95. The average molecular weight is 204 g/mol. The molecule has 0 saturated carbocycles. The van der Waals surface area contributed by atoms with Gasteiger partial charge in [-0.05, 0) is 19.9 Å². The van der Waals surface area contributed by atoms with E-state index in [1.807, 2.05) is 32.0 Å². The van der Waals surface area contributed by atoms with Gasteiger partial charge in [0.1, 0.15) is 0 Å². The summed E-state index contributed by atoms with van der Waals surface area (Å²) in [7, 11) is 0. The fourth-order valence-corrected chi connectivity index (χ4v) is 1.64. The average Bonchev–Trinajstić information content (AvgIpc) is 2.56. The number of carbonyl (C=O) groups is 1. The van der Waals surface area contributed by atoms with Crippen molar-refractivity contribution in [2.24, 2.45) is 0 Å². The van der Waals surface area contributed by atoms with Gasteiger partial charge in [0.25, 0.3) is 0 Å². The monoisotopic (exact) mass is 204 g/mol. The predicted molar refractivity (Wildman–Crippen MR) is 57.1 cm³/mol. The van der Waals surface area contributed by atoms with E-state index in [0.29, 0.717) is 5.39 Å². The van der Waals surface area contributed by atoms with Crippen LogP contribution in [0.25, 0.3) is 10.9 Å². The van der Waals surface area contributed by atoms with Gasteiger partial charge in [0.05, 0.1) is 5.52 Å².